The van der Waals surface area contributed by atoms with Crippen LogP contribution in [0.3, 0.4) is 0 Å². The number of carbonyl (C=O) groups excluding carboxylic acids is 2. The van der Waals surface area contributed by atoms with Crippen LogP contribution in [0.1, 0.15) is 15.9 Å². The molecule has 1 aromatic rings. The summed E-state index contributed by atoms with van der Waals surface area (Å²) in [4.78, 5) is 25.7. The van der Waals surface area contributed by atoms with Crippen molar-refractivity contribution in [1.82, 2.24) is 10.4 Å². The van der Waals surface area contributed by atoms with Crippen molar-refractivity contribution in [3.8, 4) is 11.8 Å². The Morgan fingerprint density at radius 3 is 2.88 bits per heavy atom. The smallest absolute Gasteiger partial charge is 0.384 e. The maximum Gasteiger partial charge on any atom is 0.384 e. The van der Waals surface area contributed by atoms with Crippen LogP contribution in [-0.2, 0) is 9.53 Å². The molecule has 1 aromatic heterocycles. The van der Waals surface area contributed by atoms with Crippen LogP contribution >= 0.6 is 0 Å². The minimum atomic E-state index is -0.659. The van der Waals surface area contributed by atoms with Crippen LogP contribution in [0.15, 0.2) is 18.5 Å². The summed E-state index contributed by atoms with van der Waals surface area (Å²) in [5, 5.41) is 0. The summed E-state index contributed by atoms with van der Waals surface area (Å²) in [6, 6.07) is 1.46. The summed E-state index contributed by atoms with van der Waals surface area (Å²) in [6.07, 6.45) is 2.76. The Bertz CT molecular complexity index is 474. The molecule has 3 N–H and O–H groups in total. The molecule has 0 unspecified atom stereocenters. The van der Waals surface area contributed by atoms with Crippen molar-refractivity contribution in [2.75, 3.05) is 7.11 Å². The largest absolute Gasteiger partial charge is 0.459 e. The number of rotatable bonds is 1. The Balaban J connectivity index is 2.93. The lowest BCUT2D eigenvalue weighted by Gasteiger charge is -1.98. The van der Waals surface area contributed by atoms with Crippen molar-refractivity contribution in [3.05, 3.63) is 29.6 Å². The lowest BCUT2D eigenvalue weighted by molar-refractivity contribution is -0.133. The van der Waals surface area contributed by atoms with E-state index >= 15 is 0 Å². The number of amides is 1. The molecule has 82 valence electrons. The highest BCUT2D eigenvalue weighted by Gasteiger charge is 2.03. The van der Waals surface area contributed by atoms with Gasteiger partial charge in [-0.25, -0.2) is 10.6 Å². The maximum atomic E-state index is 11.1. The summed E-state index contributed by atoms with van der Waals surface area (Å²) < 4.78 is 4.34. The molecule has 1 amide bonds. The van der Waals surface area contributed by atoms with Crippen LogP contribution in [0.5, 0.6) is 0 Å². The summed E-state index contributed by atoms with van der Waals surface area (Å²) >= 11 is 0. The summed E-state index contributed by atoms with van der Waals surface area (Å²) in [6.45, 7) is 0. The monoisotopic (exact) mass is 219 g/mol. The number of hydrogen-bond donors (Lipinski definition) is 2. The third kappa shape index (κ3) is 3.08. The van der Waals surface area contributed by atoms with Crippen LogP contribution in [0, 0.1) is 11.8 Å². The Morgan fingerprint density at radius 1 is 1.50 bits per heavy atom. The number of ether oxygens (including phenoxy) is 1. The highest BCUT2D eigenvalue weighted by molar-refractivity contribution is 5.94. The van der Waals surface area contributed by atoms with Gasteiger partial charge in [0, 0.05) is 23.9 Å². The van der Waals surface area contributed by atoms with Gasteiger partial charge in [0.05, 0.1) is 12.7 Å². The SMILES string of the molecule is COC(=O)C#Cc1cncc(C(=O)NN)c1. The molecule has 6 heteroatoms. The van der Waals surface area contributed by atoms with E-state index in [-0.39, 0.29) is 5.56 Å². The molecule has 16 heavy (non-hydrogen) atoms. The lowest BCUT2D eigenvalue weighted by Crippen LogP contribution is -2.30. The normalized spacial score (nSPS) is 8.62. The predicted octanol–water partition coefficient (Wildman–Crippen LogP) is -0.790. The molecule has 1 rings (SSSR count). The number of pyridine rings is 1. The van der Waals surface area contributed by atoms with E-state index in [0.29, 0.717) is 5.56 Å². The Kier molecular flexibility index (Phi) is 4.00. The maximum absolute atomic E-state index is 11.1. The van der Waals surface area contributed by atoms with Crippen molar-refractivity contribution < 1.29 is 14.3 Å². The Morgan fingerprint density at radius 2 is 2.25 bits per heavy atom. The third-order valence-electron chi connectivity index (χ3n) is 1.63. The lowest BCUT2D eigenvalue weighted by atomic mass is 10.2. The molecular weight excluding hydrogens is 210 g/mol. The molecule has 0 aliphatic rings. The van der Waals surface area contributed by atoms with Gasteiger partial charge in [0.25, 0.3) is 5.91 Å². The minimum absolute atomic E-state index is 0.263. The molecule has 0 aliphatic carbocycles. The first-order valence-electron chi connectivity index (χ1n) is 4.23. The van der Waals surface area contributed by atoms with Gasteiger partial charge in [0.2, 0.25) is 0 Å². The predicted molar refractivity (Wildman–Crippen MR) is 54.8 cm³/mol. The van der Waals surface area contributed by atoms with Crippen molar-refractivity contribution in [3.63, 3.8) is 0 Å². The highest BCUT2D eigenvalue weighted by Crippen LogP contribution is 2.00. The first-order valence-corrected chi connectivity index (χ1v) is 4.23. The van der Waals surface area contributed by atoms with E-state index in [0.717, 1.165) is 0 Å². The number of methoxy groups -OCH3 is 1. The second-order valence-corrected chi connectivity index (χ2v) is 2.68. The van der Waals surface area contributed by atoms with Gasteiger partial charge in [0.1, 0.15) is 0 Å². The van der Waals surface area contributed by atoms with E-state index in [4.69, 9.17) is 5.84 Å². The van der Waals surface area contributed by atoms with E-state index in [2.05, 4.69) is 21.6 Å². The van der Waals surface area contributed by atoms with Crippen molar-refractivity contribution in [1.29, 1.82) is 0 Å². The Labute approximate surface area is 91.8 Å². The van der Waals surface area contributed by atoms with Gasteiger partial charge in [-0.3, -0.25) is 15.2 Å². The van der Waals surface area contributed by atoms with Gasteiger partial charge in [-0.2, -0.15) is 0 Å². The zero-order valence-electron chi connectivity index (χ0n) is 8.48. The van der Waals surface area contributed by atoms with Crippen LogP contribution < -0.4 is 11.3 Å². The van der Waals surface area contributed by atoms with Gasteiger partial charge in [-0.1, -0.05) is 5.92 Å². The molecule has 0 saturated heterocycles. The number of nitrogen functional groups attached to an aromatic ring is 1. The molecule has 6 nitrogen and oxygen atoms in total. The van der Waals surface area contributed by atoms with Crippen molar-refractivity contribution >= 4 is 11.9 Å². The standard InChI is InChI=1S/C10H9N3O3/c1-16-9(14)3-2-7-4-8(6-12-5-7)10(15)13-11/h4-6H,11H2,1H3,(H,13,15). The molecule has 0 radical (unpaired) electrons. The van der Waals surface area contributed by atoms with Gasteiger partial charge >= 0.3 is 5.97 Å². The average molecular weight is 219 g/mol. The number of nitrogens with two attached hydrogens (primary N) is 1. The fourth-order valence-corrected chi connectivity index (χ4v) is 0.890. The van der Waals surface area contributed by atoms with E-state index < -0.39 is 11.9 Å². The van der Waals surface area contributed by atoms with E-state index in [9.17, 15) is 9.59 Å². The first kappa shape index (κ1) is 11.7. The molecule has 0 aromatic carbocycles. The Hall–Kier alpha value is -2.39. The first-order chi connectivity index (χ1) is 7.67. The molecule has 0 saturated carbocycles. The average Bonchev–Trinajstić information content (AvgIpc) is 2.35. The van der Waals surface area contributed by atoms with Crippen LogP contribution in [0.4, 0.5) is 0 Å². The van der Waals surface area contributed by atoms with Crippen LogP contribution in [0.2, 0.25) is 0 Å². The topological polar surface area (TPSA) is 94.3 Å². The number of aromatic nitrogens is 1. The van der Waals surface area contributed by atoms with Crippen molar-refractivity contribution in [2.24, 2.45) is 5.84 Å². The van der Waals surface area contributed by atoms with Gasteiger partial charge < -0.3 is 4.74 Å². The zero-order chi connectivity index (χ0) is 12.0. The van der Waals surface area contributed by atoms with E-state index in [1.54, 1.807) is 0 Å². The molecule has 1 heterocycles. The molecule has 0 atom stereocenters. The summed E-state index contributed by atoms with van der Waals surface area (Å²) in [7, 11) is 1.23. The van der Waals surface area contributed by atoms with E-state index in [1.807, 2.05) is 5.43 Å². The molecular formula is C10H9N3O3. The summed E-state index contributed by atoms with van der Waals surface area (Å²) in [5.74, 6) is 8.55. The highest BCUT2D eigenvalue weighted by atomic mass is 16.5. The molecule has 0 bridgehead atoms. The number of nitrogens with zero attached hydrogens (tertiary/aromatic N) is 1. The second kappa shape index (κ2) is 5.48. The zero-order valence-corrected chi connectivity index (χ0v) is 8.48. The third-order valence-corrected chi connectivity index (χ3v) is 1.63. The number of nitrogens with one attached hydrogen (secondary N) is 1. The van der Waals surface area contributed by atoms with Gasteiger partial charge in [-0.15, -0.1) is 0 Å². The number of hydrazine groups is 1. The number of esters is 1. The second-order valence-electron chi connectivity index (χ2n) is 2.68. The molecule has 0 spiro atoms. The number of carbonyl (C=O) groups is 2. The van der Waals surface area contributed by atoms with Crippen molar-refractivity contribution in [2.45, 2.75) is 0 Å². The van der Waals surface area contributed by atoms with Gasteiger partial charge in [0.15, 0.2) is 0 Å². The molecule has 0 fully saturated rings. The fraction of sp³-hybridized carbons (Fsp3) is 0.100. The van der Waals surface area contributed by atoms with E-state index in [1.165, 1.54) is 25.6 Å². The van der Waals surface area contributed by atoms with Crippen LogP contribution in [0.25, 0.3) is 0 Å². The summed E-state index contributed by atoms with van der Waals surface area (Å²) in [5.41, 5.74) is 2.65. The minimum Gasteiger partial charge on any atom is -0.459 e. The molecule has 0 aliphatic heterocycles. The fourth-order valence-electron chi connectivity index (χ4n) is 0.890. The van der Waals surface area contributed by atoms with Gasteiger partial charge in [-0.05, 0) is 6.07 Å². The van der Waals surface area contributed by atoms with Crippen LogP contribution in [-0.4, -0.2) is 24.0 Å². The quantitative estimate of drug-likeness (QED) is 0.212. The number of hydrogen-bond acceptors (Lipinski definition) is 5.